The monoisotopic (exact) mass is 146 g/mol. The molecule has 10 heavy (non-hydrogen) atoms. The van der Waals surface area contributed by atoms with Gasteiger partial charge >= 0.3 is 0 Å². The molecule has 0 aromatic carbocycles. The van der Waals surface area contributed by atoms with Crippen molar-refractivity contribution in [3.63, 3.8) is 0 Å². The van der Waals surface area contributed by atoms with Crippen LogP contribution in [0.1, 0.15) is 26.7 Å². The first-order chi connectivity index (χ1) is 4.91. The van der Waals surface area contributed by atoms with E-state index in [1.165, 1.54) is 0 Å². The quantitative estimate of drug-likeness (QED) is 0.327. The van der Waals surface area contributed by atoms with Crippen LogP contribution < -0.4 is 0 Å². The van der Waals surface area contributed by atoms with Crippen molar-refractivity contribution in [2.75, 3.05) is 13.2 Å². The van der Waals surface area contributed by atoms with Crippen LogP contribution in [-0.2, 0) is 9.68 Å². The Morgan fingerprint density at radius 1 is 1.10 bits per heavy atom. The van der Waals surface area contributed by atoms with E-state index in [2.05, 4.69) is 22.3 Å². The highest BCUT2D eigenvalue weighted by molar-refractivity contribution is 4.26. The molecule has 0 aliphatic rings. The van der Waals surface area contributed by atoms with Crippen LogP contribution in [0.25, 0.3) is 0 Å². The van der Waals surface area contributed by atoms with Gasteiger partial charge in [-0.2, -0.15) is 0 Å². The van der Waals surface area contributed by atoms with Crippen molar-refractivity contribution < 1.29 is 9.68 Å². The van der Waals surface area contributed by atoms with Crippen LogP contribution in [0, 0.1) is 0 Å². The average Bonchev–Trinajstić information content (AvgIpc) is 1.97. The summed E-state index contributed by atoms with van der Waals surface area (Å²) in [7, 11) is 0. The molecule has 0 atom stereocenters. The maximum Gasteiger partial charge on any atom is 0.119 e. The van der Waals surface area contributed by atoms with E-state index in [1.807, 2.05) is 6.92 Å². The molecule has 0 bridgehead atoms. The van der Waals surface area contributed by atoms with Gasteiger partial charge in [0.05, 0.1) is 10.6 Å². The van der Waals surface area contributed by atoms with Gasteiger partial charge in [0.15, 0.2) is 0 Å². The van der Waals surface area contributed by atoms with E-state index in [1.54, 1.807) is 0 Å². The van der Waals surface area contributed by atoms with Crippen LogP contribution in [-0.4, -0.2) is 13.2 Å². The van der Waals surface area contributed by atoms with E-state index >= 15 is 0 Å². The Morgan fingerprint density at radius 2 is 1.80 bits per heavy atom. The largest absolute Gasteiger partial charge is 0.377 e. The molecule has 0 aromatic heterocycles. The highest BCUT2D eigenvalue weighted by Crippen LogP contribution is 1.88. The highest BCUT2D eigenvalue weighted by atomic mass is 16.7. The Bertz CT molecular complexity index is 85.8. The van der Waals surface area contributed by atoms with Crippen molar-refractivity contribution in [2.24, 2.45) is 10.6 Å². The molecule has 0 radical (unpaired) electrons. The van der Waals surface area contributed by atoms with E-state index in [9.17, 15) is 0 Å². The van der Waals surface area contributed by atoms with E-state index in [0.29, 0.717) is 13.2 Å². The Labute approximate surface area is 61.1 Å². The third-order valence-corrected chi connectivity index (χ3v) is 0.867. The standard InChI is InChI=1S/C6H14N2O2/c1-3-5-6-10-8-7-9-4-2/h3-6H2,1-2H3. The van der Waals surface area contributed by atoms with Gasteiger partial charge in [0.2, 0.25) is 0 Å². The smallest absolute Gasteiger partial charge is 0.119 e. The maximum absolute atomic E-state index is 4.71. The Kier molecular flexibility index (Phi) is 7.54. The lowest BCUT2D eigenvalue weighted by Gasteiger charge is -1.93. The predicted molar refractivity (Wildman–Crippen MR) is 37.3 cm³/mol. The second-order valence-electron chi connectivity index (χ2n) is 1.77. The fourth-order valence-electron chi connectivity index (χ4n) is 0.355. The van der Waals surface area contributed by atoms with Gasteiger partial charge in [-0.3, -0.25) is 0 Å². The first-order valence-corrected chi connectivity index (χ1v) is 3.56. The molecule has 0 saturated carbocycles. The lowest BCUT2D eigenvalue weighted by Crippen LogP contribution is -1.85. The minimum atomic E-state index is 0.528. The number of unbranched alkanes of at least 4 members (excludes halogenated alkanes) is 1. The second-order valence-corrected chi connectivity index (χ2v) is 1.77. The van der Waals surface area contributed by atoms with Crippen molar-refractivity contribution in [1.82, 2.24) is 0 Å². The summed E-state index contributed by atoms with van der Waals surface area (Å²) in [5.74, 6) is 0. The predicted octanol–water partition coefficient (Wildman–Crippen LogP) is 2.12. The van der Waals surface area contributed by atoms with E-state index < -0.39 is 0 Å². The average molecular weight is 146 g/mol. The maximum atomic E-state index is 4.71. The molecule has 0 amide bonds. The molecular formula is C6H14N2O2. The van der Waals surface area contributed by atoms with Crippen molar-refractivity contribution >= 4 is 0 Å². The summed E-state index contributed by atoms with van der Waals surface area (Å²) in [6.07, 6.45) is 2.11. The topological polar surface area (TPSA) is 43.2 Å². The number of rotatable bonds is 6. The number of nitrogens with zero attached hydrogens (tertiary/aromatic N) is 2. The molecule has 0 aliphatic heterocycles. The summed E-state index contributed by atoms with van der Waals surface area (Å²) in [6, 6.07) is 0. The van der Waals surface area contributed by atoms with Gasteiger partial charge in [0.1, 0.15) is 13.2 Å². The minimum absolute atomic E-state index is 0.528. The molecule has 0 N–H and O–H groups in total. The Balaban J connectivity index is 2.88. The van der Waals surface area contributed by atoms with Crippen LogP contribution >= 0.6 is 0 Å². The summed E-state index contributed by atoms with van der Waals surface area (Å²) < 4.78 is 0. The third kappa shape index (κ3) is 7.20. The van der Waals surface area contributed by atoms with Crippen LogP contribution in [0.4, 0.5) is 0 Å². The van der Waals surface area contributed by atoms with Crippen LogP contribution in [0.5, 0.6) is 0 Å². The van der Waals surface area contributed by atoms with Crippen LogP contribution in [0.2, 0.25) is 0 Å². The molecule has 0 saturated heterocycles. The van der Waals surface area contributed by atoms with Gasteiger partial charge in [0.25, 0.3) is 0 Å². The highest BCUT2D eigenvalue weighted by Gasteiger charge is 1.81. The van der Waals surface area contributed by atoms with Crippen molar-refractivity contribution in [2.45, 2.75) is 26.7 Å². The third-order valence-electron chi connectivity index (χ3n) is 0.867. The normalized spacial score (nSPS) is 10.2. The van der Waals surface area contributed by atoms with E-state index in [4.69, 9.17) is 4.84 Å². The van der Waals surface area contributed by atoms with Crippen molar-refractivity contribution in [3.05, 3.63) is 0 Å². The number of hydrogen-bond donors (Lipinski definition) is 0. The zero-order valence-corrected chi connectivity index (χ0v) is 6.54. The SMILES string of the molecule is CCCCON=NOCC. The fraction of sp³-hybridized carbons (Fsp3) is 1.00. The van der Waals surface area contributed by atoms with Gasteiger partial charge in [-0.25, -0.2) is 0 Å². The molecule has 0 aliphatic carbocycles. The molecule has 4 heteroatoms. The van der Waals surface area contributed by atoms with Gasteiger partial charge in [0, 0.05) is 0 Å². The van der Waals surface area contributed by atoms with Crippen LogP contribution in [0.15, 0.2) is 10.6 Å². The molecule has 0 aromatic rings. The summed E-state index contributed by atoms with van der Waals surface area (Å²) in [5.41, 5.74) is 0. The first kappa shape index (κ1) is 9.20. The van der Waals surface area contributed by atoms with Crippen molar-refractivity contribution in [3.8, 4) is 0 Å². The number of hydrogen-bond acceptors (Lipinski definition) is 4. The molecule has 0 rings (SSSR count). The van der Waals surface area contributed by atoms with Crippen LogP contribution in [0.3, 0.4) is 0 Å². The lowest BCUT2D eigenvalue weighted by molar-refractivity contribution is 0.0447. The van der Waals surface area contributed by atoms with Crippen molar-refractivity contribution in [1.29, 1.82) is 0 Å². The van der Waals surface area contributed by atoms with Gasteiger partial charge < -0.3 is 9.68 Å². The Morgan fingerprint density at radius 3 is 2.40 bits per heavy atom. The fourth-order valence-corrected chi connectivity index (χ4v) is 0.355. The second kappa shape index (κ2) is 8.20. The first-order valence-electron chi connectivity index (χ1n) is 3.56. The Hall–Kier alpha value is -0.800. The molecule has 60 valence electrons. The molecule has 0 heterocycles. The summed E-state index contributed by atoms with van der Waals surface area (Å²) >= 11 is 0. The zero-order valence-electron chi connectivity index (χ0n) is 6.54. The molecule has 0 spiro atoms. The molecule has 4 nitrogen and oxygen atoms in total. The summed E-state index contributed by atoms with van der Waals surface area (Å²) in [6.45, 7) is 5.07. The minimum Gasteiger partial charge on any atom is -0.377 e. The van der Waals surface area contributed by atoms with E-state index in [-0.39, 0.29) is 0 Å². The molecular weight excluding hydrogens is 132 g/mol. The summed E-state index contributed by atoms with van der Waals surface area (Å²) in [5, 5.41) is 6.57. The molecule has 0 fully saturated rings. The lowest BCUT2D eigenvalue weighted by atomic mass is 10.4. The molecule has 0 unspecified atom stereocenters. The van der Waals surface area contributed by atoms with Gasteiger partial charge in [-0.1, -0.05) is 13.3 Å². The van der Waals surface area contributed by atoms with E-state index in [0.717, 1.165) is 12.8 Å². The zero-order chi connectivity index (χ0) is 7.66. The summed E-state index contributed by atoms with van der Waals surface area (Å²) in [4.78, 5) is 9.26. The van der Waals surface area contributed by atoms with Gasteiger partial charge in [-0.15, -0.1) is 0 Å². The van der Waals surface area contributed by atoms with Gasteiger partial charge in [-0.05, 0) is 13.3 Å².